The van der Waals surface area contributed by atoms with Crippen LogP contribution in [0.3, 0.4) is 0 Å². The third kappa shape index (κ3) is 3.18. The van der Waals surface area contributed by atoms with Gasteiger partial charge in [0.2, 0.25) is 5.91 Å². The Balaban J connectivity index is 2.00. The highest BCUT2D eigenvalue weighted by atomic mass is 16.1. The Bertz CT molecular complexity index is 271. The van der Waals surface area contributed by atoms with Gasteiger partial charge in [0.1, 0.15) is 6.04 Å². The van der Waals surface area contributed by atoms with E-state index in [0.29, 0.717) is 12.6 Å². The Morgan fingerprint density at radius 1 is 1.29 bits per heavy atom. The summed E-state index contributed by atoms with van der Waals surface area (Å²) in [6.45, 7) is 4.92. The Morgan fingerprint density at radius 2 is 2.12 bits per heavy atom. The van der Waals surface area contributed by atoms with Gasteiger partial charge in [0.25, 0.3) is 0 Å². The molecule has 0 bridgehead atoms. The number of primary amides is 1. The summed E-state index contributed by atoms with van der Waals surface area (Å²) < 4.78 is 0. The number of piperazine rings is 1. The van der Waals surface area contributed by atoms with Crippen molar-refractivity contribution >= 4 is 5.91 Å². The quantitative estimate of drug-likeness (QED) is 0.665. The summed E-state index contributed by atoms with van der Waals surface area (Å²) in [6, 6.07) is 0.414. The van der Waals surface area contributed by atoms with Crippen LogP contribution in [0.15, 0.2) is 0 Å². The SMILES string of the molecule is CN1CCCC(N2CCNCC2C(N)=O)CC1. The molecule has 0 saturated carbocycles. The maximum absolute atomic E-state index is 11.5. The molecular formula is C12H24N4O. The van der Waals surface area contributed by atoms with Gasteiger partial charge in [-0.25, -0.2) is 0 Å². The van der Waals surface area contributed by atoms with Crippen LogP contribution in [0.5, 0.6) is 0 Å². The number of nitrogens with one attached hydrogen (secondary N) is 1. The molecule has 0 spiro atoms. The molecule has 0 aliphatic carbocycles. The predicted octanol–water partition coefficient (Wildman–Crippen LogP) is -0.770. The lowest BCUT2D eigenvalue weighted by molar-refractivity contribution is -0.125. The van der Waals surface area contributed by atoms with Gasteiger partial charge in [-0.2, -0.15) is 0 Å². The molecule has 2 atom stereocenters. The number of nitrogens with zero attached hydrogens (tertiary/aromatic N) is 2. The van der Waals surface area contributed by atoms with Gasteiger partial charge in [0, 0.05) is 25.7 Å². The van der Waals surface area contributed by atoms with Crippen LogP contribution in [0, 0.1) is 0 Å². The van der Waals surface area contributed by atoms with Crippen LogP contribution in [0.1, 0.15) is 19.3 Å². The Kier molecular flexibility index (Phi) is 4.36. The zero-order valence-corrected chi connectivity index (χ0v) is 10.7. The molecule has 2 aliphatic heterocycles. The van der Waals surface area contributed by atoms with Crippen molar-refractivity contribution in [3.63, 3.8) is 0 Å². The lowest BCUT2D eigenvalue weighted by Crippen LogP contribution is -2.60. The van der Waals surface area contributed by atoms with Crippen LogP contribution in [-0.4, -0.2) is 67.6 Å². The van der Waals surface area contributed by atoms with Crippen molar-refractivity contribution in [3.8, 4) is 0 Å². The summed E-state index contributed by atoms with van der Waals surface area (Å²) in [4.78, 5) is 16.2. The van der Waals surface area contributed by atoms with E-state index in [1.54, 1.807) is 0 Å². The summed E-state index contributed by atoms with van der Waals surface area (Å²) in [5, 5.41) is 3.26. The minimum absolute atomic E-state index is 0.114. The highest BCUT2D eigenvalue weighted by Gasteiger charge is 2.32. The summed E-state index contributed by atoms with van der Waals surface area (Å²) in [5.74, 6) is -0.185. The first kappa shape index (κ1) is 12.8. The number of nitrogens with two attached hydrogens (primary N) is 1. The van der Waals surface area contributed by atoms with E-state index in [-0.39, 0.29) is 11.9 Å². The highest BCUT2D eigenvalue weighted by molar-refractivity contribution is 5.80. The van der Waals surface area contributed by atoms with E-state index < -0.39 is 0 Å². The maximum atomic E-state index is 11.5. The van der Waals surface area contributed by atoms with E-state index in [9.17, 15) is 4.79 Å². The van der Waals surface area contributed by atoms with Gasteiger partial charge < -0.3 is 16.0 Å². The third-order valence-electron chi connectivity index (χ3n) is 4.00. The fourth-order valence-corrected chi connectivity index (χ4v) is 2.98. The third-order valence-corrected chi connectivity index (χ3v) is 4.00. The molecule has 2 heterocycles. The minimum Gasteiger partial charge on any atom is -0.368 e. The van der Waals surface area contributed by atoms with Crippen molar-refractivity contribution in [2.24, 2.45) is 5.73 Å². The zero-order chi connectivity index (χ0) is 12.3. The molecule has 0 radical (unpaired) electrons. The molecule has 0 aromatic rings. The van der Waals surface area contributed by atoms with Crippen LogP contribution < -0.4 is 11.1 Å². The monoisotopic (exact) mass is 240 g/mol. The summed E-state index contributed by atoms with van der Waals surface area (Å²) in [7, 11) is 2.17. The second-order valence-corrected chi connectivity index (χ2v) is 5.25. The average Bonchev–Trinajstić information content (AvgIpc) is 2.54. The summed E-state index contributed by atoms with van der Waals surface area (Å²) in [6.07, 6.45) is 3.56. The van der Waals surface area contributed by atoms with Gasteiger partial charge in [-0.1, -0.05) is 0 Å². The first-order valence-corrected chi connectivity index (χ1v) is 6.63. The standard InChI is InChI=1S/C12H24N4O/c1-15-6-2-3-10(4-7-15)16-8-5-14-9-11(16)12(13)17/h10-11,14H,2-9H2,1H3,(H2,13,17). The van der Waals surface area contributed by atoms with E-state index in [0.717, 1.165) is 26.1 Å². The van der Waals surface area contributed by atoms with Crippen molar-refractivity contribution in [2.45, 2.75) is 31.3 Å². The van der Waals surface area contributed by atoms with Crippen molar-refractivity contribution in [3.05, 3.63) is 0 Å². The van der Waals surface area contributed by atoms with E-state index in [2.05, 4.69) is 22.2 Å². The van der Waals surface area contributed by atoms with E-state index in [1.165, 1.54) is 19.4 Å². The second-order valence-electron chi connectivity index (χ2n) is 5.25. The van der Waals surface area contributed by atoms with Gasteiger partial charge in [0.05, 0.1) is 0 Å². The van der Waals surface area contributed by atoms with E-state index in [1.807, 2.05) is 0 Å². The van der Waals surface area contributed by atoms with Gasteiger partial charge in [-0.05, 0) is 39.4 Å². The van der Waals surface area contributed by atoms with Crippen molar-refractivity contribution in [1.82, 2.24) is 15.1 Å². The smallest absolute Gasteiger partial charge is 0.236 e. The first-order chi connectivity index (χ1) is 8.18. The van der Waals surface area contributed by atoms with Gasteiger partial charge in [-0.15, -0.1) is 0 Å². The number of carbonyl (C=O) groups excluding carboxylic acids is 1. The maximum Gasteiger partial charge on any atom is 0.236 e. The van der Waals surface area contributed by atoms with Crippen molar-refractivity contribution in [2.75, 3.05) is 39.8 Å². The fourth-order valence-electron chi connectivity index (χ4n) is 2.98. The molecule has 2 fully saturated rings. The number of likely N-dealkylation sites (tertiary alicyclic amines) is 1. The largest absolute Gasteiger partial charge is 0.368 e. The number of hydrogen-bond acceptors (Lipinski definition) is 4. The normalized spacial score (nSPS) is 33.2. The molecule has 0 aromatic heterocycles. The molecule has 2 saturated heterocycles. The Morgan fingerprint density at radius 3 is 2.88 bits per heavy atom. The second kappa shape index (κ2) is 5.80. The number of carbonyl (C=O) groups is 1. The fraction of sp³-hybridized carbons (Fsp3) is 0.917. The molecule has 5 heteroatoms. The topological polar surface area (TPSA) is 61.6 Å². The molecule has 5 nitrogen and oxygen atoms in total. The van der Waals surface area contributed by atoms with Gasteiger partial charge in [-0.3, -0.25) is 9.69 Å². The first-order valence-electron chi connectivity index (χ1n) is 6.63. The van der Waals surface area contributed by atoms with Crippen LogP contribution in [0.4, 0.5) is 0 Å². The molecule has 3 N–H and O–H groups in total. The molecular weight excluding hydrogens is 216 g/mol. The van der Waals surface area contributed by atoms with E-state index >= 15 is 0 Å². The predicted molar refractivity (Wildman–Crippen MR) is 67.7 cm³/mol. The minimum atomic E-state index is -0.185. The molecule has 98 valence electrons. The summed E-state index contributed by atoms with van der Waals surface area (Å²) in [5.41, 5.74) is 5.50. The Hall–Kier alpha value is -0.650. The van der Waals surface area contributed by atoms with E-state index in [4.69, 9.17) is 5.73 Å². The van der Waals surface area contributed by atoms with Crippen molar-refractivity contribution in [1.29, 1.82) is 0 Å². The highest BCUT2D eigenvalue weighted by Crippen LogP contribution is 2.19. The van der Waals surface area contributed by atoms with Crippen LogP contribution in [0.2, 0.25) is 0 Å². The molecule has 2 aliphatic rings. The molecule has 2 unspecified atom stereocenters. The molecule has 17 heavy (non-hydrogen) atoms. The van der Waals surface area contributed by atoms with Crippen LogP contribution in [0.25, 0.3) is 0 Å². The summed E-state index contributed by atoms with van der Waals surface area (Å²) >= 11 is 0. The van der Waals surface area contributed by atoms with Crippen molar-refractivity contribution < 1.29 is 4.79 Å². The Labute approximate surface area is 103 Å². The van der Waals surface area contributed by atoms with Crippen LogP contribution in [-0.2, 0) is 4.79 Å². The number of rotatable bonds is 2. The van der Waals surface area contributed by atoms with Gasteiger partial charge >= 0.3 is 0 Å². The van der Waals surface area contributed by atoms with Crippen LogP contribution >= 0.6 is 0 Å². The molecule has 1 amide bonds. The zero-order valence-electron chi connectivity index (χ0n) is 10.7. The average molecular weight is 240 g/mol. The molecule has 2 rings (SSSR count). The number of hydrogen-bond donors (Lipinski definition) is 2. The lowest BCUT2D eigenvalue weighted by Gasteiger charge is -2.39. The molecule has 0 aromatic carbocycles. The number of amides is 1. The lowest BCUT2D eigenvalue weighted by atomic mass is 10.0. The van der Waals surface area contributed by atoms with Gasteiger partial charge in [0.15, 0.2) is 0 Å².